The van der Waals surface area contributed by atoms with E-state index in [0.717, 1.165) is 29.9 Å². The van der Waals surface area contributed by atoms with Crippen LogP contribution in [-0.2, 0) is 14.6 Å². The first-order valence-electron chi connectivity index (χ1n) is 9.93. The molecule has 1 aliphatic heterocycles. The number of benzene rings is 1. The van der Waals surface area contributed by atoms with E-state index in [9.17, 15) is 13.2 Å². The summed E-state index contributed by atoms with van der Waals surface area (Å²) in [5, 5.41) is 9.11. The number of amides is 1. The van der Waals surface area contributed by atoms with Crippen molar-refractivity contribution in [1.82, 2.24) is 19.7 Å². The molecule has 3 rings (SSSR count). The first-order valence-corrected chi connectivity index (χ1v) is 12.7. The lowest BCUT2D eigenvalue weighted by Gasteiger charge is -2.28. The van der Waals surface area contributed by atoms with Gasteiger partial charge in [-0.25, -0.2) is 8.42 Å². The van der Waals surface area contributed by atoms with Gasteiger partial charge >= 0.3 is 0 Å². The Morgan fingerprint density at radius 1 is 1.28 bits per heavy atom. The zero-order valence-corrected chi connectivity index (χ0v) is 18.8. The van der Waals surface area contributed by atoms with Crippen molar-refractivity contribution in [2.24, 2.45) is 0 Å². The van der Waals surface area contributed by atoms with E-state index in [-0.39, 0.29) is 29.2 Å². The summed E-state index contributed by atoms with van der Waals surface area (Å²) >= 11 is 1.35. The molecule has 7 nitrogen and oxygen atoms in total. The summed E-state index contributed by atoms with van der Waals surface area (Å²) in [7, 11) is -3.04. The molecular formula is C20H28N4O3S2. The van der Waals surface area contributed by atoms with Crippen LogP contribution in [0.1, 0.15) is 37.6 Å². The molecular weight excluding hydrogens is 408 g/mol. The molecule has 0 saturated carbocycles. The molecule has 9 heteroatoms. The third kappa shape index (κ3) is 5.19. The first kappa shape index (κ1) is 21.8. The van der Waals surface area contributed by atoms with Crippen molar-refractivity contribution in [3.05, 3.63) is 35.7 Å². The summed E-state index contributed by atoms with van der Waals surface area (Å²) in [6.45, 7) is 6.58. The van der Waals surface area contributed by atoms with Crippen molar-refractivity contribution in [3.63, 3.8) is 0 Å². The lowest BCUT2D eigenvalue weighted by molar-refractivity contribution is -0.130. The average Bonchev–Trinajstić information content (AvgIpc) is 3.22. The number of nitrogens with zero attached hydrogens (tertiary/aromatic N) is 4. The van der Waals surface area contributed by atoms with E-state index in [1.807, 2.05) is 42.7 Å². The smallest absolute Gasteiger partial charge is 0.233 e. The molecule has 0 aliphatic carbocycles. The Hall–Kier alpha value is -1.87. The first-order chi connectivity index (χ1) is 13.8. The number of hydrogen-bond donors (Lipinski definition) is 0. The summed E-state index contributed by atoms with van der Waals surface area (Å²) in [6.07, 6.45) is 2.35. The minimum Gasteiger partial charge on any atom is -0.338 e. The van der Waals surface area contributed by atoms with Gasteiger partial charge in [-0.3, -0.25) is 9.36 Å². The molecule has 0 N–H and O–H groups in total. The van der Waals surface area contributed by atoms with Crippen LogP contribution in [-0.4, -0.2) is 63.8 Å². The van der Waals surface area contributed by atoms with Crippen LogP contribution in [0.5, 0.6) is 0 Å². The Balaban J connectivity index is 1.75. The molecule has 1 amide bonds. The van der Waals surface area contributed by atoms with Gasteiger partial charge in [0.25, 0.3) is 0 Å². The minimum absolute atomic E-state index is 0.0393. The number of para-hydroxylation sites is 1. The van der Waals surface area contributed by atoms with Crippen LogP contribution < -0.4 is 0 Å². The molecule has 1 unspecified atom stereocenters. The van der Waals surface area contributed by atoms with Crippen LogP contribution in [0.4, 0.5) is 0 Å². The van der Waals surface area contributed by atoms with Gasteiger partial charge in [0.1, 0.15) is 5.82 Å². The highest BCUT2D eigenvalue weighted by Gasteiger charge is 2.34. The normalized spacial score (nSPS) is 18.1. The topological polar surface area (TPSA) is 85.2 Å². The van der Waals surface area contributed by atoms with Crippen molar-refractivity contribution >= 4 is 27.5 Å². The number of aromatic nitrogens is 3. The van der Waals surface area contributed by atoms with E-state index >= 15 is 0 Å². The van der Waals surface area contributed by atoms with Gasteiger partial charge in [0, 0.05) is 12.6 Å². The average molecular weight is 437 g/mol. The van der Waals surface area contributed by atoms with Crippen molar-refractivity contribution in [2.75, 3.05) is 23.8 Å². The van der Waals surface area contributed by atoms with Crippen molar-refractivity contribution < 1.29 is 13.2 Å². The number of carbonyl (C=O) groups excluding carboxylic acids is 1. The SMILES string of the molecule is CCCCN(C(=O)CSc1nnc(C)n1-c1ccccc1C)C1CCS(=O)(=O)C1. The number of carbonyl (C=O) groups is 1. The van der Waals surface area contributed by atoms with Crippen LogP contribution in [0, 0.1) is 13.8 Å². The number of aryl methyl sites for hydroxylation is 2. The zero-order chi connectivity index (χ0) is 21.0. The van der Waals surface area contributed by atoms with Gasteiger partial charge in [0.2, 0.25) is 5.91 Å². The highest BCUT2D eigenvalue weighted by atomic mass is 32.2. The molecule has 1 aromatic heterocycles. The van der Waals surface area contributed by atoms with Crippen LogP contribution in [0.25, 0.3) is 5.69 Å². The maximum atomic E-state index is 13.0. The molecule has 0 bridgehead atoms. The van der Waals surface area contributed by atoms with E-state index in [1.165, 1.54) is 11.8 Å². The maximum absolute atomic E-state index is 13.0. The molecule has 1 aliphatic rings. The highest BCUT2D eigenvalue weighted by Crippen LogP contribution is 2.25. The molecule has 2 aromatic rings. The van der Waals surface area contributed by atoms with Crippen molar-refractivity contribution in [2.45, 2.75) is 51.2 Å². The molecule has 29 heavy (non-hydrogen) atoms. The number of hydrogen-bond acceptors (Lipinski definition) is 6. The molecule has 0 radical (unpaired) electrons. The van der Waals surface area contributed by atoms with E-state index in [4.69, 9.17) is 0 Å². The molecule has 1 fully saturated rings. The number of rotatable bonds is 8. The van der Waals surface area contributed by atoms with Gasteiger partial charge in [-0.15, -0.1) is 10.2 Å². The Kier molecular flexibility index (Phi) is 7.00. The van der Waals surface area contributed by atoms with Gasteiger partial charge < -0.3 is 4.90 Å². The Morgan fingerprint density at radius 3 is 2.69 bits per heavy atom. The highest BCUT2D eigenvalue weighted by molar-refractivity contribution is 7.99. The second kappa shape index (κ2) is 9.30. The third-order valence-corrected chi connectivity index (χ3v) is 7.86. The van der Waals surface area contributed by atoms with E-state index in [1.54, 1.807) is 4.90 Å². The lowest BCUT2D eigenvalue weighted by atomic mass is 10.2. The molecule has 1 saturated heterocycles. The van der Waals surface area contributed by atoms with Crippen LogP contribution in [0.15, 0.2) is 29.4 Å². The van der Waals surface area contributed by atoms with Gasteiger partial charge in [0.15, 0.2) is 15.0 Å². The van der Waals surface area contributed by atoms with Gasteiger partial charge in [-0.05, 0) is 38.3 Å². The lowest BCUT2D eigenvalue weighted by Crippen LogP contribution is -2.42. The summed E-state index contributed by atoms with van der Waals surface area (Å²) in [5.41, 5.74) is 2.10. The van der Waals surface area contributed by atoms with Crippen LogP contribution >= 0.6 is 11.8 Å². The summed E-state index contributed by atoms with van der Waals surface area (Å²) in [4.78, 5) is 14.8. The second-order valence-corrected chi connectivity index (χ2v) is 10.6. The Labute approximate surface area is 176 Å². The van der Waals surface area contributed by atoms with E-state index in [0.29, 0.717) is 18.1 Å². The number of thioether (sulfide) groups is 1. The van der Waals surface area contributed by atoms with Gasteiger partial charge in [-0.1, -0.05) is 43.3 Å². The molecule has 0 spiro atoms. The standard InChI is InChI=1S/C20H28N4O3S2/c1-4-5-11-23(17-10-12-29(26,27)14-17)19(25)13-28-20-22-21-16(3)24(20)18-9-7-6-8-15(18)2/h6-9,17H,4-5,10-14H2,1-3H3. The minimum atomic E-state index is -3.04. The zero-order valence-electron chi connectivity index (χ0n) is 17.2. The third-order valence-electron chi connectivity index (χ3n) is 5.20. The predicted octanol–water partition coefficient (Wildman–Crippen LogP) is 2.79. The second-order valence-electron chi connectivity index (χ2n) is 7.44. The largest absolute Gasteiger partial charge is 0.338 e. The van der Waals surface area contributed by atoms with Crippen LogP contribution in [0.3, 0.4) is 0 Å². The molecule has 2 heterocycles. The fraction of sp³-hybridized carbons (Fsp3) is 0.550. The van der Waals surface area contributed by atoms with E-state index < -0.39 is 9.84 Å². The monoisotopic (exact) mass is 436 g/mol. The summed E-state index contributed by atoms with van der Waals surface area (Å²) in [5.74, 6) is 1.18. The Bertz CT molecular complexity index is 972. The maximum Gasteiger partial charge on any atom is 0.233 e. The Morgan fingerprint density at radius 2 is 2.03 bits per heavy atom. The fourth-order valence-electron chi connectivity index (χ4n) is 3.60. The fourth-order valence-corrected chi connectivity index (χ4v) is 6.21. The van der Waals surface area contributed by atoms with Gasteiger partial charge in [0.05, 0.1) is 22.9 Å². The molecule has 158 valence electrons. The van der Waals surface area contributed by atoms with Crippen molar-refractivity contribution in [3.8, 4) is 5.69 Å². The number of sulfone groups is 1. The van der Waals surface area contributed by atoms with Crippen molar-refractivity contribution in [1.29, 1.82) is 0 Å². The predicted molar refractivity (Wildman–Crippen MR) is 115 cm³/mol. The molecule has 1 atom stereocenters. The van der Waals surface area contributed by atoms with Crippen LogP contribution in [0.2, 0.25) is 0 Å². The quantitative estimate of drug-likeness (QED) is 0.592. The van der Waals surface area contributed by atoms with E-state index in [2.05, 4.69) is 17.1 Å². The summed E-state index contributed by atoms with van der Waals surface area (Å²) < 4.78 is 25.7. The number of unbranched alkanes of at least 4 members (excludes halogenated alkanes) is 1. The molecule has 1 aromatic carbocycles. The van der Waals surface area contributed by atoms with Gasteiger partial charge in [-0.2, -0.15) is 0 Å². The summed E-state index contributed by atoms with van der Waals surface area (Å²) in [6, 6.07) is 7.77.